The summed E-state index contributed by atoms with van der Waals surface area (Å²) in [7, 11) is -1.88. The van der Waals surface area contributed by atoms with Crippen molar-refractivity contribution in [3.05, 3.63) is 42.5 Å². The maximum Gasteiger partial charge on any atom is 0.414 e. The number of amides is 2. The molecule has 2 aliphatic heterocycles. The average molecular weight is 470 g/mol. The fourth-order valence-corrected chi connectivity index (χ4v) is 6.25. The number of benzene rings is 2. The van der Waals surface area contributed by atoms with Gasteiger partial charge in [0.25, 0.3) is 0 Å². The highest BCUT2D eigenvalue weighted by molar-refractivity contribution is 7.93. The second kappa shape index (κ2) is 8.06. The van der Waals surface area contributed by atoms with Crippen molar-refractivity contribution in [3.63, 3.8) is 0 Å². The second-order valence-electron chi connectivity index (χ2n) is 8.90. The van der Waals surface area contributed by atoms with Crippen LogP contribution in [0.25, 0.3) is 11.1 Å². The van der Waals surface area contributed by atoms with Crippen LogP contribution in [0.2, 0.25) is 0 Å². The fraction of sp³-hybridized carbons (Fsp3) is 0.417. The molecular weight excluding hydrogens is 442 g/mol. The SMILES string of the molecule is COC(=O)N1c2ccc(-c3ccc(N4CCCS4(=O)=O)cc3)cc2N(C(=O)C2CC2)C[C@@H]1C. The Balaban J connectivity index is 1.52. The Labute approximate surface area is 193 Å². The smallest absolute Gasteiger partial charge is 0.414 e. The summed E-state index contributed by atoms with van der Waals surface area (Å²) in [6.07, 6.45) is 1.99. The van der Waals surface area contributed by atoms with Crippen LogP contribution in [0, 0.1) is 5.92 Å². The first-order chi connectivity index (χ1) is 15.8. The molecule has 0 N–H and O–H groups in total. The van der Waals surface area contributed by atoms with Gasteiger partial charge in [-0.15, -0.1) is 0 Å². The molecule has 2 aromatic rings. The van der Waals surface area contributed by atoms with Crippen LogP contribution < -0.4 is 14.1 Å². The van der Waals surface area contributed by atoms with E-state index in [0.29, 0.717) is 36.6 Å². The molecule has 5 rings (SSSR count). The molecule has 0 unspecified atom stereocenters. The molecule has 2 amide bonds. The van der Waals surface area contributed by atoms with Gasteiger partial charge in [0.05, 0.1) is 36.0 Å². The third kappa shape index (κ3) is 3.84. The molecule has 9 heteroatoms. The predicted molar refractivity (Wildman–Crippen MR) is 127 cm³/mol. The summed E-state index contributed by atoms with van der Waals surface area (Å²) < 4.78 is 30.9. The van der Waals surface area contributed by atoms with Crippen molar-refractivity contribution in [1.82, 2.24) is 0 Å². The van der Waals surface area contributed by atoms with Gasteiger partial charge in [-0.3, -0.25) is 14.0 Å². The number of methoxy groups -OCH3 is 1. The van der Waals surface area contributed by atoms with Gasteiger partial charge >= 0.3 is 6.09 Å². The number of anilines is 3. The summed E-state index contributed by atoms with van der Waals surface area (Å²) in [5.41, 5.74) is 3.79. The number of carbonyl (C=O) groups excluding carboxylic acids is 2. The summed E-state index contributed by atoms with van der Waals surface area (Å²) >= 11 is 0. The molecule has 0 bridgehead atoms. The molecule has 2 fully saturated rings. The van der Waals surface area contributed by atoms with Gasteiger partial charge in [0.15, 0.2) is 0 Å². The monoisotopic (exact) mass is 469 g/mol. The molecule has 33 heavy (non-hydrogen) atoms. The van der Waals surface area contributed by atoms with Crippen LogP contribution in [-0.2, 0) is 19.6 Å². The highest BCUT2D eigenvalue weighted by atomic mass is 32.2. The lowest BCUT2D eigenvalue weighted by Crippen LogP contribution is -2.52. The predicted octanol–water partition coefficient (Wildman–Crippen LogP) is 3.61. The first-order valence-corrected chi connectivity index (χ1v) is 12.8. The number of hydrogen-bond donors (Lipinski definition) is 0. The Bertz CT molecular complexity index is 1210. The van der Waals surface area contributed by atoms with E-state index in [1.165, 1.54) is 11.4 Å². The molecule has 8 nitrogen and oxygen atoms in total. The zero-order valence-electron chi connectivity index (χ0n) is 18.7. The second-order valence-corrected chi connectivity index (χ2v) is 10.9. The summed E-state index contributed by atoms with van der Waals surface area (Å²) in [5.74, 6) is 0.332. The maximum absolute atomic E-state index is 13.0. The van der Waals surface area contributed by atoms with Gasteiger partial charge in [-0.05, 0) is 61.6 Å². The van der Waals surface area contributed by atoms with Crippen molar-refractivity contribution in [1.29, 1.82) is 0 Å². The number of hydrogen-bond acceptors (Lipinski definition) is 5. The molecule has 2 heterocycles. The molecule has 0 spiro atoms. The maximum atomic E-state index is 13.0. The highest BCUT2D eigenvalue weighted by Gasteiger charge is 2.40. The molecule has 1 aliphatic carbocycles. The van der Waals surface area contributed by atoms with Crippen LogP contribution in [-0.4, -0.2) is 52.4 Å². The van der Waals surface area contributed by atoms with E-state index in [1.54, 1.807) is 9.80 Å². The van der Waals surface area contributed by atoms with Crippen LogP contribution in [0.5, 0.6) is 0 Å². The van der Waals surface area contributed by atoms with E-state index < -0.39 is 16.1 Å². The Morgan fingerprint density at radius 1 is 1.00 bits per heavy atom. The van der Waals surface area contributed by atoms with E-state index in [2.05, 4.69) is 0 Å². The largest absolute Gasteiger partial charge is 0.452 e. The minimum atomic E-state index is -3.23. The van der Waals surface area contributed by atoms with E-state index >= 15 is 0 Å². The Hall–Kier alpha value is -3.07. The first kappa shape index (κ1) is 21.8. The van der Waals surface area contributed by atoms with E-state index in [1.807, 2.05) is 49.4 Å². The fourth-order valence-electron chi connectivity index (χ4n) is 4.69. The van der Waals surface area contributed by atoms with Gasteiger partial charge in [0.2, 0.25) is 15.9 Å². The van der Waals surface area contributed by atoms with Crippen LogP contribution >= 0.6 is 0 Å². The lowest BCUT2D eigenvalue weighted by molar-refractivity contribution is -0.119. The van der Waals surface area contributed by atoms with Gasteiger partial charge in [-0.2, -0.15) is 0 Å². The van der Waals surface area contributed by atoms with Crippen LogP contribution in [0.4, 0.5) is 21.9 Å². The lowest BCUT2D eigenvalue weighted by Gasteiger charge is -2.40. The molecule has 3 aliphatic rings. The molecule has 2 aromatic carbocycles. The summed E-state index contributed by atoms with van der Waals surface area (Å²) in [6, 6.07) is 12.9. The molecular formula is C24H27N3O5S. The van der Waals surface area contributed by atoms with E-state index in [9.17, 15) is 18.0 Å². The Kier molecular flexibility index (Phi) is 5.31. The van der Waals surface area contributed by atoms with Crippen molar-refractivity contribution in [3.8, 4) is 11.1 Å². The average Bonchev–Trinajstić information content (AvgIpc) is 3.60. The van der Waals surface area contributed by atoms with Gasteiger partial charge in [-0.1, -0.05) is 18.2 Å². The molecule has 0 aromatic heterocycles. The van der Waals surface area contributed by atoms with Crippen molar-refractivity contribution in [2.24, 2.45) is 5.92 Å². The standard InChI is InChI=1S/C24H27N3O5S/c1-16-15-25(23(28)18-4-5-18)22-14-19(8-11-21(22)27(16)24(29)32-2)17-6-9-20(10-7-17)26-12-3-13-33(26,30)31/h6-11,14,16,18H,3-5,12-13,15H2,1-2H3/t16-/m0/s1. The topological polar surface area (TPSA) is 87.2 Å². The number of nitrogens with zero attached hydrogens (tertiary/aromatic N) is 3. The van der Waals surface area contributed by atoms with Crippen molar-refractivity contribution in [2.75, 3.05) is 40.1 Å². The highest BCUT2D eigenvalue weighted by Crippen LogP contribution is 2.42. The summed E-state index contributed by atoms with van der Waals surface area (Å²) in [6.45, 7) is 2.82. The molecule has 174 valence electrons. The quantitative estimate of drug-likeness (QED) is 0.685. The molecule has 1 atom stereocenters. The van der Waals surface area contributed by atoms with E-state index in [-0.39, 0.29) is 23.6 Å². The summed E-state index contributed by atoms with van der Waals surface area (Å²) in [5, 5.41) is 0. The zero-order valence-corrected chi connectivity index (χ0v) is 19.5. The van der Waals surface area contributed by atoms with Crippen LogP contribution in [0.15, 0.2) is 42.5 Å². The lowest BCUT2D eigenvalue weighted by atomic mass is 10.00. The molecule has 1 saturated heterocycles. The third-order valence-electron chi connectivity index (χ3n) is 6.57. The van der Waals surface area contributed by atoms with E-state index in [4.69, 9.17) is 4.74 Å². The number of fused-ring (bicyclic) bond motifs is 1. The summed E-state index contributed by atoms with van der Waals surface area (Å²) in [4.78, 5) is 28.9. The Morgan fingerprint density at radius 3 is 2.30 bits per heavy atom. The van der Waals surface area contributed by atoms with Gasteiger partial charge in [0, 0.05) is 19.0 Å². The molecule has 0 radical (unpaired) electrons. The van der Waals surface area contributed by atoms with Crippen LogP contribution in [0.3, 0.4) is 0 Å². The number of sulfonamides is 1. The zero-order chi connectivity index (χ0) is 23.3. The van der Waals surface area contributed by atoms with Crippen molar-refractivity contribution in [2.45, 2.75) is 32.2 Å². The van der Waals surface area contributed by atoms with Gasteiger partial charge in [0.1, 0.15) is 0 Å². The Morgan fingerprint density at radius 2 is 1.70 bits per heavy atom. The van der Waals surface area contributed by atoms with E-state index in [0.717, 1.165) is 24.0 Å². The number of carbonyl (C=O) groups is 2. The van der Waals surface area contributed by atoms with Crippen molar-refractivity contribution >= 4 is 39.1 Å². The minimum absolute atomic E-state index is 0.0556. The number of rotatable bonds is 3. The van der Waals surface area contributed by atoms with Crippen LogP contribution in [0.1, 0.15) is 26.2 Å². The first-order valence-electron chi connectivity index (χ1n) is 11.2. The number of ether oxygens (including phenoxy) is 1. The molecule has 1 saturated carbocycles. The van der Waals surface area contributed by atoms with Gasteiger partial charge in [-0.25, -0.2) is 13.2 Å². The van der Waals surface area contributed by atoms with Crippen molar-refractivity contribution < 1.29 is 22.7 Å². The van der Waals surface area contributed by atoms with Gasteiger partial charge < -0.3 is 9.64 Å². The minimum Gasteiger partial charge on any atom is -0.452 e. The normalized spacial score (nSPS) is 21.6. The third-order valence-corrected chi connectivity index (χ3v) is 8.43.